The maximum Gasteiger partial charge on any atom is 0.447 e. The van der Waals surface area contributed by atoms with Gasteiger partial charge in [-0.1, -0.05) is 0 Å². The Balaban J connectivity index is 2.13. The van der Waals surface area contributed by atoms with E-state index in [1.807, 2.05) is 0 Å². The van der Waals surface area contributed by atoms with Crippen LogP contribution in [0.2, 0.25) is 0 Å². The molecule has 0 saturated carbocycles. The summed E-state index contributed by atoms with van der Waals surface area (Å²) in [5, 5.41) is 1.78. The number of aromatic nitrogens is 1. The number of thiophene rings is 1. The number of alkyl halides is 3. The molecule has 2 heterocycles. The third-order valence-corrected chi connectivity index (χ3v) is 4.90. The Hall–Kier alpha value is -1.93. The Morgan fingerprint density at radius 2 is 1.79 bits per heavy atom. The minimum Gasteiger partial charge on any atom is -0.496 e. The number of nitrogens with zero attached hydrogens (tertiary/aromatic N) is 1. The second-order valence-corrected chi connectivity index (χ2v) is 6.76. The molecular weight excluding hydrogens is 362 g/mol. The van der Waals surface area contributed by atoms with Gasteiger partial charge in [0.1, 0.15) is 11.6 Å². The molecule has 0 saturated heterocycles. The molecule has 3 aromatic rings. The van der Waals surface area contributed by atoms with Crippen molar-refractivity contribution in [2.75, 3.05) is 7.11 Å². The molecule has 0 aliphatic rings. The lowest BCUT2D eigenvalue weighted by Gasteiger charge is -2.13. The van der Waals surface area contributed by atoms with Crippen molar-refractivity contribution < 1.29 is 22.3 Å². The summed E-state index contributed by atoms with van der Waals surface area (Å²) < 4.78 is 58.3. The monoisotopic (exact) mass is 373 g/mol. The lowest BCUT2D eigenvalue weighted by molar-refractivity contribution is -0.0329. The molecule has 0 unspecified atom stereocenters. The second-order valence-electron chi connectivity index (χ2n) is 4.77. The highest BCUT2D eigenvalue weighted by atomic mass is 32.2. The van der Waals surface area contributed by atoms with Crippen molar-refractivity contribution >= 4 is 23.1 Å². The number of halogens is 4. The van der Waals surface area contributed by atoms with E-state index in [9.17, 15) is 17.6 Å². The van der Waals surface area contributed by atoms with Crippen LogP contribution in [0.25, 0.3) is 16.3 Å². The number of methoxy groups -OCH3 is 1. The Morgan fingerprint density at radius 1 is 1.08 bits per heavy atom. The van der Waals surface area contributed by atoms with E-state index in [1.165, 1.54) is 53.3 Å². The van der Waals surface area contributed by atoms with Crippen molar-refractivity contribution in [2.45, 2.75) is 10.5 Å². The fraction of sp³-hybridized carbons (Fsp3) is 0.125. The highest BCUT2D eigenvalue weighted by Gasteiger charge is 2.32. The molecule has 0 N–H and O–H groups in total. The first kappa shape index (κ1) is 16.9. The molecule has 8 heteroatoms. The van der Waals surface area contributed by atoms with Gasteiger partial charge < -0.3 is 9.30 Å². The second kappa shape index (κ2) is 6.52. The number of rotatable bonds is 4. The molecule has 0 aliphatic carbocycles. The first-order valence-corrected chi connectivity index (χ1v) is 8.43. The maximum absolute atomic E-state index is 13.2. The predicted molar refractivity (Wildman–Crippen MR) is 87.5 cm³/mol. The molecule has 1 aromatic carbocycles. The topological polar surface area (TPSA) is 14.2 Å². The van der Waals surface area contributed by atoms with Gasteiger partial charge in [-0.2, -0.15) is 13.2 Å². The van der Waals surface area contributed by atoms with Gasteiger partial charge in [0.05, 0.1) is 22.7 Å². The molecule has 0 aliphatic heterocycles. The van der Waals surface area contributed by atoms with E-state index in [2.05, 4.69) is 0 Å². The van der Waals surface area contributed by atoms with Gasteiger partial charge in [-0.05, 0) is 36.4 Å². The van der Waals surface area contributed by atoms with Crippen LogP contribution in [0.4, 0.5) is 17.6 Å². The van der Waals surface area contributed by atoms with Crippen LogP contribution in [-0.2, 0) is 0 Å². The van der Waals surface area contributed by atoms with Gasteiger partial charge in [0.25, 0.3) is 0 Å². The van der Waals surface area contributed by atoms with Gasteiger partial charge in [0, 0.05) is 28.9 Å². The summed E-state index contributed by atoms with van der Waals surface area (Å²) in [6.45, 7) is 0. The zero-order valence-electron chi connectivity index (χ0n) is 12.3. The summed E-state index contributed by atoms with van der Waals surface area (Å²) in [6, 6.07) is 10.1. The lowest BCUT2D eigenvalue weighted by Crippen LogP contribution is -2.04. The van der Waals surface area contributed by atoms with E-state index < -0.39 is 11.3 Å². The Bertz CT molecular complexity index is 837. The van der Waals surface area contributed by atoms with Crippen LogP contribution in [0.1, 0.15) is 0 Å². The number of hydrogen-bond acceptors (Lipinski definition) is 3. The van der Waals surface area contributed by atoms with Crippen LogP contribution in [0.15, 0.2) is 52.9 Å². The van der Waals surface area contributed by atoms with Gasteiger partial charge in [-0.15, -0.1) is 11.3 Å². The molecule has 0 amide bonds. The lowest BCUT2D eigenvalue weighted by atomic mass is 10.3. The first-order valence-electron chi connectivity index (χ1n) is 6.74. The molecule has 3 rings (SSSR count). The van der Waals surface area contributed by atoms with Crippen LogP contribution in [0.3, 0.4) is 0 Å². The Labute approximate surface area is 143 Å². The summed E-state index contributed by atoms with van der Waals surface area (Å²) in [5.41, 5.74) is -3.38. The molecule has 24 heavy (non-hydrogen) atoms. The smallest absolute Gasteiger partial charge is 0.447 e. The van der Waals surface area contributed by atoms with Crippen molar-refractivity contribution in [3.8, 4) is 22.0 Å². The van der Waals surface area contributed by atoms with Crippen LogP contribution in [-0.4, -0.2) is 17.2 Å². The minimum absolute atomic E-state index is 0.0106. The number of thioether (sulfide) groups is 1. The zero-order chi connectivity index (χ0) is 17.3. The van der Waals surface area contributed by atoms with Crippen molar-refractivity contribution in [1.29, 1.82) is 0 Å². The van der Waals surface area contributed by atoms with Crippen molar-refractivity contribution in [3.05, 3.63) is 53.7 Å². The number of hydrogen-bond donors (Lipinski definition) is 0. The molecule has 0 bridgehead atoms. The van der Waals surface area contributed by atoms with E-state index in [0.717, 1.165) is 4.88 Å². The van der Waals surface area contributed by atoms with Gasteiger partial charge in [0.15, 0.2) is 0 Å². The first-order chi connectivity index (χ1) is 11.4. The standard InChI is InChI=1S/C16H11F4NOS2/c1-22-12-8-14(23-9-12)13-6-7-15(24-16(18,19)20)21(13)11-4-2-10(17)3-5-11/h2-9H,1H3. The normalized spacial score (nSPS) is 11.7. The largest absolute Gasteiger partial charge is 0.496 e. The van der Waals surface area contributed by atoms with Gasteiger partial charge in [0.2, 0.25) is 0 Å². The Morgan fingerprint density at radius 3 is 2.38 bits per heavy atom. The molecule has 2 aromatic heterocycles. The molecular formula is C16H11F4NOS2. The molecule has 0 spiro atoms. The van der Waals surface area contributed by atoms with Crippen LogP contribution < -0.4 is 4.74 Å². The Kier molecular flexibility index (Phi) is 4.60. The van der Waals surface area contributed by atoms with Crippen LogP contribution >= 0.6 is 23.1 Å². The third-order valence-electron chi connectivity index (χ3n) is 3.21. The predicted octanol–water partition coefficient (Wildman–Crippen LogP) is 5.97. The van der Waals surface area contributed by atoms with Gasteiger partial charge >= 0.3 is 5.51 Å². The van der Waals surface area contributed by atoms with Crippen LogP contribution in [0.5, 0.6) is 5.75 Å². The summed E-state index contributed by atoms with van der Waals surface area (Å²) in [6.07, 6.45) is 0. The number of benzene rings is 1. The van der Waals surface area contributed by atoms with Crippen molar-refractivity contribution in [3.63, 3.8) is 0 Å². The average molecular weight is 373 g/mol. The fourth-order valence-corrected chi connectivity index (χ4v) is 3.77. The van der Waals surface area contributed by atoms with Gasteiger partial charge in [-0.25, -0.2) is 4.39 Å². The summed E-state index contributed by atoms with van der Waals surface area (Å²) in [7, 11) is 1.52. The number of ether oxygens (including phenoxy) is 1. The van der Waals surface area contributed by atoms with E-state index in [4.69, 9.17) is 4.74 Å². The quantitative estimate of drug-likeness (QED) is 0.413. The highest BCUT2D eigenvalue weighted by Crippen LogP contribution is 2.42. The summed E-state index contributed by atoms with van der Waals surface area (Å²) in [5.74, 6) is 0.183. The van der Waals surface area contributed by atoms with E-state index >= 15 is 0 Å². The van der Waals surface area contributed by atoms with Crippen molar-refractivity contribution in [1.82, 2.24) is 4.57 Å². The summed E-state index contributed by atoms with van der Waals surface area (Å²) in [4.78, 5) is 0.755. The summed E-state index contributed by atoms with van der Waals surface area (Å²) >= 11 is 1.16. The van der Waals surface area contributed by atoms with Crippen molar-refractivity contribution in [2.24, 2.45) is 0 Å². The molecule has 0 atom stereocenters. The zero-order valence-corrected chi connectivity index (χ0v) is 13.9. The van der Waals surface area contributed by atoms with E-state index in [-0.39, 0.29) is 16.8 Å². The molecule has 2 nitrogen and oxygen atoms in total. The maximum atomic E-state index is 13.2. The molecule has 0 radical (unpaired) electrons. The highest BCUT2D eigenvalue weighted by molar-refractivity contribution is 8.00. The third kappa shape index (κ3) is 3.59. The molecule has 126 valence electrons. The fourth-order valence-electron chi connectivity index (χ4n) is 2.23. The minimum atomic E-state index is -4.42. The van der Waals surface area contributed by atoms with Gasteiger partial charge in [-0.3, -0.25) is 0 Å². The van der Waals surface area contributed by atoms with Crippen LogP contribution in [0, 0.1) is 5.82 Å². The molecule has 0 fully saturated rings. The van der Waals surface area contributed by atoms with E-state index in [1.54, 1.807) is 17.5 Å². The average Bonchev–Trinajstić information content (AvgIpc) is 3.13. The SMILES string of the molecule is COc1csc(-c2ccc(SC(F)(F)F)n2-c2ccc(F)cc2)c1. The van der Waals surface area contributed by atoms with E-state index in [0.29, 0.717) is 17.1 Å².